The number of nitrogens with zero attached hydrogens (tertiary/aromatic N) is 3. The second-order valence-electron chi connectivity index (χ2n) is 6.56. The molecule has 0 unspecified atom stereocenters. The van der Waals surface area contributed by atoms with Crippen LogP contribution < -0.4 is 4.74 Å². The van der Waals surface area contributed by atoms with Gasteiger partial charge in [-0.15, -0.1) is 0 Å². The third kappa shape index (κ3) is 2.52. The molecule has 1 saturated carbocycles. The summed E-state index contributed by atoms with van der Waals surface area (Å²) in [5.41, 5.74) is 0.620. The molecule has 1 saturated heterocycles. The summed E-state index contributed by atoms with van der Waals surface area (Å²) in [6, 6.07) is 8.98. The Bertz CT molecular complexity index is 791. The number of hydrogen-bond donors (Lipinski definition) is 0. The molecule has 1 aliphatic heterocycles. The van der Waals surface area contributed by atoms with Gasteiger partial charge in [0.25, 0.3) is 11.8 Å². The zero-order valence-corrected chi connectivity index (χ0v) is 13.5. The Morgan fingerprint density at radius 2 is 1.80 bits per heavy atom. The van der Waals surface area contributed by atoms with Gasteiger partial charge in [0, 0.05) is 5.56 Å². The number of carbonyl (C=O) groups excluding carboxylic acids is 2. The normalized spacial score (nSPS) is 30.0. The highest BCUT2D eigenvalue weighted by Gasteiger charge is 2.56. The number of benzene rings is 1. The highest BCUT2D eigenvalue weighted by atomic mass is 16.5. The summed E-state index contributed by atoms with van der Waals surface area (Å²) in [5.74, 6) is -0.153. The van der Waals surface area contributed by atoms with Crippen LogP contribution in [0.1, 0.15) is 18.4 Å². The lowest BCUT2D eigenvalue weighted by atomic mass is 9.63. The number of para-hydroxylation sites is 1. The van der Waals surface area contributed by atoms with E-state index in [1.54, 1.807) is 24.3 Å². The minimum Gasteiger partial charge on any atom is -0.478 e. The molecule has 126 valence electrons. The highest BCUT2D eigenvalue weighted by molar-refractivity contribution is 6.06. The zero-order chi connectivity index (χ0) is 17.4. The average Bonchev–Trinajstić information content (AvgIpc) is 2.93. The van der Waals surface area contributed by atoms with E-state index in [2.05, 4.69) is 17.3 Å². The van der Waals surface area contributed by atoms with Crippen LogP contribution in [0.3, 0.4) is 0 Å². The maximum Gasteiger partial charge on any atom is 0.254 e. The Kier molecular flexibility index (Phi) is 3.85. The molecule has 5 rings (SSSR count). The molecule has 4 atom stereocenters. The van der Waals surface area contributed by atoms with Crippen LogP contribution in [0.25, 0.3) is 0 Å². The fraction of sp³-hybridized carbons (Fsp3) is 0.368. The number of ether oxygens (including phenoxy) is 1. The Morgan fingerprint density at radius 3 is 2.40 bits per heavy atom. The van der Waals surface area contributed by atoms with Gasteiger partial charge in [-0.2, -0.15) is 15.4 Å². The van der Waals surface area contributed by atoms with E-state index in [-0.39, 0.29) is 42.1 Å². The first-order chi connectivity index (χ1) is 12.2. The van der Waals surface area contributed by atoms with Crippen LogP contribution in [0.4, 0.5) is 0 Å². The Hall–Kier alpha value is -2.94. The van der Waals surface area contributed by atoms with E-state index >= 15 is 0 Å². The van der Waals surface area contributed by atoms with Gasteiger partial charge in [0.15, 0.2) is 6.61 Å². The third-order valence-corrected chi connectivity index (χ3v) is 5.26. The zero-order valence-electron chi connectivity index (χ0n) is 13.5. The number of hydrogen-bond acceptors (Lipinski definition) is 5. The van der Waals surface area contributed by atoms with Crippen molar-refractivity contribution in [3.63, 3.8) is 0 Å². The van der Waals surface area contributed by atoms with E-state index in [0.717, 1.165) is 17.9 Å². The molecule has 2 fully saturated rings. The number of allylic oxidation sites excluding steroid dienone is 2. The van der Waals surface area contributed by atoms with Crippen molar-refractivity contribution in [3.8, 4) is 11.8 Å². The van der Waals surface area contributed by atoms with Gasteiger partial charge in [-0.1, -0.05) is 24.3 Å². The lowest BCUT2D eigenvalue weighted by molar-refractivity contribution is -0.140. The van der Waals surface area contributed by atoms with E-state index in [9.17, 15) is 9.59 Å². The van der Waals surface area contributed by atoms with Gasteiger partial charge in [0.05, 0.1) is 18.1 Å². The lowest BCUT2D eigenvalue weighted by Gasteiger charge is -2.37. The van der Waals surface area contributed by atoms with Gasteiger partial charge < -0.3 is 4.74 Å². The fourth-order valence-corrected chi connectivity index (χ4v) is 4.12. The minimum atomic E-state index is -0.265. The maximum atomic E-state index is 12.7. The van der Waals surface area contributed by atoms with Crippen molar-refractivity contribution in [3.05, 3.63) is 42.0 Å². The average molecular weight is 335 g/mol. The monoisotopic (exact) mass is 335 g/mol. The molecule has 6 heteroatoms. The van der Waals surface area contributed by atoms with Crippen molar-refractivity contribution in [2.75, 3.05) is 6.61 Å². The summed E-state index contributed by atoms with van der Waals surface area (Å²) in [5, 5.41) is 13.8. The number of rotatable bonds is 4. The van der Waals surface area contributed by atoms with Crippen LogP contribution in [0, 0.1) is 35.0 Å². The van der Waals surface area contributed by atoms with Crippen molar-refractivity contribution >= 4 is 18.0 Å². The highest BCUT2D eigenvalue weighted by Crippen LogP contribution is 2.49. The first-order valence-corrected chi connectivity index (χ1v) is 8.39. The van der Waals surface area contributed by atoms with Crippen LogP contribution in [-0.2, 0) is 9.59 Å². The number of imide groups is 1. The molecule has 0 spiro atoms. The van der Waals surface area contributed by atoms with Crippen molar-refractivity contribution < 1.29 is 14.3 Å². The largest absolute Gasteiger partial charge is 0.478 e. The molecular weight excluding hydrogens is 318 g/mol. The van der Waals surface area contributed by atoms with Gasteiger partial charge in [-0.05, 0) is 36.8 Å². The van der Waals surface area contributed by atoms with E-state index in [1.165, 1.54) is 6.21 Å². The number of fused-ring (bicyclic) bond motifs is 1. The number of hydrazone groups is 1. The standard InChI is InChI=1S/C19H17N3O3/c20-9-10-25-15-4-2-1-3-14(15)11-21-22-18(23)16-12-5-6-13(8-7-12)17(16)19(22)24/h1-6,11-13,16-17H,7-8,10H2/b21-11-/t12-,13-,16+,17+/m0/s1. The number of amides is 2. The molecular formula is C19H17N3O3. The Labute approximate surface area is 145 Å². The first-order valence-electron chi connectivity index (χ1n) is 8.39. The molecule has 1 aromatic carbocycles. The van der Waals surface area contributed by atoms with Crippen LogP contribution >= 0.6 is 0 Å². The summed E-state index contributed by atoms with van der Waals surface area (Å²) in [6.07, 6.45) is 7.54. The first kappa shape index (κ1) is 15.6. The predicted molar refractivity (Wildman–Crippen MR) is 89.3 cm³/mol. The number of nitriles is 1. The Morgan fingerprint density at radius 1 is 1.16 bits per heavy atom. The van der Waals surface area contributed by atoms with Crippen LogP contribution in [0.2, 0.25) is 0 Å². The molecule has 0 radical (unpaired) electrons. The number of carbonyl (C=O) groups is 2. The Balaban J connectivity index is 1.58. The van der Waals surface area contributed by atoms with Gasteiger partial charge in [-0.25, -0.2) is 0 Å². The van der Waals surface area contributed by atoms with Crippen molar-refractivity contribution in [2.24, 2.45) is 28.8 Å². The summed E-state index contributed by atoms with van der Waals surface area (Å²) >= 11 is 0. The van der Waals surface area contributed by atoms with Crippen LogP contribution in [0.5, 0.6) is 5.75 Å². The molecule has 1 aromatic rings. The summed E-state index contributed by atoms with van der Waals surface area (Å²) in [7, 11) is 0. The van der Waals surface area contributed by atoms with Crippen molar-refractivity contribution in [2.45, 2.75) is 12.8 Å². The molecule has 3 aliphatic carbocycles. The summed E-state index contributed by atoms with van der Waals surface area (Å²) in [6.45, 7) is -0.0778. The van der Waals surface area contributed by atoms with Crippen molar-refractivity contribution in [1.82, 2.24) is 5.01 Å². The summed E-state index contributed by atoms with van der Waals surface area (Å²) < 4.78 is 5.34. The maximum absolute atomic E-state index is 12.7. The van der Waals surface area contributed by atoms with Gasteiger partial charge in [-0.3, -0.25) is 9.59 Å². The second-order valence-corrected chi connectivity index (χ2v) is 6.56. The van der Waals surface area contributed by atoms with Crippen molar-refractivity contribution in [1.29, 1.82) is 5.26 Å². The van der Waals surface area contributed by atoms with Crippen LogP contribution in [0.15, 0.2) is 41.5 Å². The molecule has 25 heavy (non-hydrogen) atoms. The molecule has 2 amide bonds. The van der Waals surface area contributed by atoms with E-state index < -0.39 is 0 Å². The van der Waals surface area contributed by atoms with Crippen LogP contribution in [-0.4, -0.2) is 29.6 Å². The smallest absolute Gasteiger partial charge is 0.254 e. The lowest BCUT2D eigenvalue weighted by Crippen LogP contribution is -2.38. The topological polar surface area (TPSA) is 82.8 Å². The molecule has 6 nitrogen and oxygen atoms in total. The summed E-state index contributed by atoms with van der Waals surface area (Å²) in [4.78, 5) is 25.4. The van der Waals surface area contributed by atoms with E-state index in [0.29, 0.717) is 11.3 Å². The van der Waals surface area contributed by atoms with E-state index in [1.807, 2.05) is 6.07 Å². The van der Waals surface area contributed by atoms with E-state index in [4.69, 9.17) is 10.00 Å². The molecule has 1 heterocycles. The quantitative estimate of drug-likeness (QED) is 0.479. The third-order valence-electron chi connectivity index (χ3n) is 5.26. The predicted octanol–water partition coefficient (Wildman–Crippen LogP) is 2.12. The fourth-order valence-electron chi connectivity index (χ4n) is 4.12. The van der Waals surface area contributed by atoms with Gasteiger partial charge >= 0.3 is 0 Å². The van der Waals surface area contributed by atoms with Gasteiger partial charge in [0.2, 0.25) is 0 Å². The molecule has 2 bridgehead atoms. The SMILES string of the molecule is N#CCOc1ccccc1/C=N\N1C(=O)[C@H]2[C@H](C1=O)[C@H]1C=C[C@H]2CC1. The second kappa shape index (κ2) is 6.17. The minimum absolute atomic E-state index is 0.0778. The van der Waals surface area contributed by atoms with Gasteiger partial charge in [0.1, 0.15) is 11.8 Å². The molecule has 0 N–H and O–H groups in total. The molecule has 0 aromatic heterocycles. The molecule has 4 aliphatic rings.